The summed E-state index contributed by atoms with van der Waals surface area (Å²) in [6.07, 6.45) is 0. The van der Waals surface area contributed by atoms with E-state index in [2.05, 4.69) is 4.98 Å². The van der Waals surface area contributed by atoms with E-state index in [1.54, 1.807) is 0 Å². The number of nitrogens with zero attached hydrogens (tertiary/aromatic N) is 1. The van der Waals surface area contributed by atoms with E-state index in [-0.39, 0.29) is 0 Å². The Bertz CT molecular complexity index is 467. The van der Waals surface area contributed by atoms with Crippen LogP contribution in [0.5, 0.6) is 0 Å². The zero-order chi connectivity index (χ0) is 10.8. The lowest BCUT2D eigenvalue weighted by Gasteiger charge is -1.96. The van der Waals surface area contributed by atoms with Crippen LogP contribution in [0.4, 0.5) is 4.39 Å². The fraction of sp³-hybridized carbons (Fsp3) is 0.111. The van der Waals surface area contributed by atoms with Crippen LogP contribution < -0.4 is 0 Å². The van der Waals surface area contributed by atoms with Crippen LogP contribution in [-0.2, 0) is 4.79 Å². The van der Waals surface area contributed by atoms with Crippen molar-refractivity contribution in [3.05, 3.63) is 24.3 Å². The van der Waals surface area contributed by atoms with E-state index in [0.717, 1.165) is 10.2 Å². The van der Waals surface area contributed by atoms with Gasteiger partial charge < -0.3 is 5.11 Å². The lowest BCUT2D eigenvalue weighted by Crippen LogP contribution is -2.09. The molecule has 1 atom stereocenters. The van der Waals surface area contributed by atoms with Gasteiger partial charge in [0, 0.05) is 0 Å². The van der Waals surface area contributed by atoms with Crippen molar-refractivity contribution in [3.63, 3.8) is 0 Å². The number of aliphatic carboxylic acids is 1. The maximum atomic E-state index is 12.9. The molecule has 0 radical (unpaired) electrons. The number of halogens is 1. The van der Waals surface area contributed by atoms with Gasteiger partial charge in [-0.2, -0.15) is 0 Å². The Kier molecular flexibility index (Phi) is 2.88. The number of aromatic nitrogens is 1. The molecule has 1 heterocycles. The molecule has 0 fully saturated rings. The van der Waals surface area contributed by atoms with Gasteiger partial charge in [-0.05, 0) is 23.9 Å². The Hall–Kier alpha value is -1.14. The van der Waals surface area contributed by atoms with E-state index in [9.17, 15) is 9.18 Å². The number of thiazole rings is 1. The van der Waals surface area contributed by atoms with E-state index >= 15 is 0 Å². The molecule has 0 aliphatic heterocycles. The first-order valence-corrected chi connectivity index (χ1v) is 5.75. The fourth-order valence-corrected chi connectivity index (χ4v) is 2.88. The summed E-state index contributed by atoms with van der Waals surface area (Å²) in [7, 11) is 0. The first-order chi connectivity index (χ1) is 7.16. The third-order valence-corrected chi connectivity index (χ3v) is 3.74. The normalized spacial score (nSPS) is 12.9. The first kappa shape index (κ1) is 10.4. The van der Waals surface area contributed by atoms with Crippen LogP contribution in [0.3, 0.4) is 0 Å². The molecule has 15 heavy (non-hydrogen) atoms. The van der Waals surface area contributed by atoms with Crippen LogP contribution in [-0.4, -0.2) is 21.6 Å². The minimum atomic E-state index is -1.95. The molecule has 0 aliphatic rings. The molecule has 0 saturated heterocycles. The molecule has 6 heteroatoms. The molecule has 1 unspecified atom stereocenters. The molecule has 0 bridgehead atoms. The highest BCUT2D eigenvalue weighted by Crippen LogP contribution is 2.32. The van der Waals surface area contributed by atoms with E-state index < -0.39 is 11.5 Å². The summed E-state index contributed by atoms with van der Waals surface area (Å²) in [5.41, 5.74) is -1.19. The molecule has 0 amide bonds. The van der Waals surface area contributed by atoms with Gasteiger partial charge in [-0.25, -0.2) is 14.2 Å². The molecule has 2 aromatic rings. The summed E-state index contributed by atoms with van der Waals surface area (Å²) in [6.45, 7) is 0. The molecule has 0 spiro atoms. The maximum Gasteiger partial charge on any atom is 0.349 e. The number of para-hydroxylation sites is 1. The molecular weight excluding hydrogens is 237 g/mol. The Morgan fingerprint density at radius 2 is 2.27 bits per heavy atom. The van der Waals surface area contributed by atoms with Crippen LogP contribution in [0, 0.1) is 0 Å². The zero-order valence-electron chi connectivity index (χ0n) is 7.38. The lowest BCUT2D eigenvalue weighted by molar-refractivity contribution is -0.139. The number of carbonyl (C=O) groups is 1. The monoisotopic (exact) mass is 243 g/mol. The van der Waals surface area contributed by atoms with Crippen LogP contribution >= 0.6 is 23.1 Å². The Morgan fingerprint density at radius 3 is 2.93 bits per heavy atom. The van der Waals surface area contributed by atoms with Crippen molar-refractivity contribution >= 4 is 39.3 Å². The summed E-state index contributed by atoms with van der Waals surface area (Å²) in [4.78, 5) is 14.4. The molecule has 0 saturated carbocycles. The minimum Gasteiger partial charge on any atom is -0.478 e. The van der Waals surface area contributed by atoms with E-state index in [0.29, 0.717) is 16.1 Å². The third kappa shape index (κ3) is 2.27. The fourth-order valence-electron chi connectivity index (χ4n) is 1.04. The van der Waals surface area contributed by atoms with E-state index in [1.165, 1.54) is 11.3 Å². The van der Waals surface area contributed by atoms with Gasteiger partial charge in [0.05, 0.1) is 10.2 Å². The van der Waals surface area contributed by atoms with Gasteiger partial charge in [-0.1, -0.05) is 12.1 Å². The van der Waals surface area contributed by atoms with Crippen molar-refractivity contribution in [2.45, 2.75) is 9.84 Å². The van der Waals surface area contributed by atoms with Gasteiger partial charge in [0.2, 0.25) is 5.50 Å². The predicted octanol–water partition coefficient (Wildman–Crippen LogP) is 2.77. The molecule has 2 rings (SSSR count). The molecule has 3 nitrogen and oxygen atoms in total. The van der Waals surface area contributed by atoms with Crippen LogP contribution in [0.15, 0.2) is 28.6 Å². The van der Waals surface area contributed by atoms with Crippen molar-refractivity contribution < 1.29 is 14.3 Å². The molecule has 1 aromatic carbocycles. The summed E-state index contributed by atoms with van der Waals surface area (Å²) >= 11 is 1.91. The van der Waals surface area contributed by atoms with E-state index in [1.807, 2.05) is 24.3 Å². The SMILES string of the molecule is O=C(O)C(F)Sc1nc2ccccc2s1. The summed E-state index contributed by atoms with van der Waals surface area (Å²) < 4.78 is 14.2. The van der Waals surface area contributed by atoms with Crippen molar-refractivity contribution in [2.24, 2.45) is 0 Å². The average molecular weight is 243 g/mol. The number of thioether (sulfide) groups is 1. The van der Waals surface area contributed by atoms with Crippen molar-refractivity contribution in [3.8, 4) is 0 Å². The quantitative estimate of drug-likeness (QED) is 0.842. The van der Waals surface area contributed by atoms with Gasteiger partial charge in [-0.15, -0.1) is 11.3 Å². The number of fused-ring (bicyclic) bond motifs is 1. The van der Waals surface area contributed by atoms with Gasteiger partial charge in [0.15, 0.2) is 4.34 Å². The van der Waals surface area contributed by atoms with Gasteiger partial charge in [-0.3, -0.25) is 0 Å². The molecular formula is C9H6FNO2S2. The number of carboxylic acid groups (broad SMARTS) is 1. The predicted molar refractivity (Wildman–Crippen MR) is 58.0 cm³/mol. The summed E-state index contributed by atoms with van der Waals surface area (Å²) in [5.74, 6) is -1.47. The molecule has 0 aliphatic carbocycles. The van der Waals surface area contributed by atoms with Crippen LogP contribution in [0.25, 0.3) is 10.2 Å². The lowest BCUT2D eigenvalue weighted by atomic mass is 10.3. The molecule has 1 aromatic heterocycles. The summed E-state index contributed by atoms with van der Waals surface area (Å²) in [5, 5.41) is 8.40. The van der Waals surface area contributed by atoms with Gasteiger partial charge in [0.1, 0.15) is 0 Å². The highest BCUT2D eigenvalue weighted by atomic mass is 32.2. The topological polar surface area (TPSA) is 50.2 Å². The third-order valence-electron chi connectivity index (χ3n) is 1.67. The number of hydrogen-bond acceptors (Lipinski definition) is 4. The number of alkyl halides is 1. The number of rotatable bonds is 3. The van der Waals surface area contributed by atoms with Gasteiger partial charge in [0.25, 0.3) is 0 Å². The first-order valence-electron chi connectivity index (χ1n) is 4.06. The van der Waals surface area contributed by atoms with Crippen LogP contribution in [0.2, 0.25) is 0 Å². The second-order valence-corrected chi connectivity index (χ2v) is 5.04. The average Bonchev–Trinajstić information content (AvgIpc) is 2.59. The van der Waals surface area contributed by atoms with Crippen LogP contribution in [0.1, 0.15) is 0 Å². The Balaban J connectivity index is 2.26. The largest absolute Gasteiger partial charge is 0.478 e. The number of carboxylic acids is 1. The Labute approximate surface area is 92.9 Å². The highest BCUT2D eigenvalue weighted by molar-refractivity contribution is 8.02. The number of hydrogen-bond donors (Lipinski definition) is 1. The maximum absolute atomic E-state index is 12.9. The van der Waals surface area contributed by atoms with Crippen molar-refractivity contribution in [1.82, 2.24) is 4.98 Å². The second kappa shape index (κ2) is 4.16. The highest BCUT2D eigenvalue weighted by Gasteiger charge is 2.19. The van der Waals surface area contributed by atoms with Crippen molar-refractivity contribution in [2.75, 3.05) is 0 Å². The van der Waals surface area contributed by atoms with Gasteiger partial charge >= 0.3 is 5.97 Å². The smallest absolute Gasteiger partial charge is 0.349 e. The number of benzene rings is 1. The standard InChI is InChI=1S/C9H6FNO2S2/c10-7(8(12)13)15-9-11-5-3-1-2-4-6(5)14-9/h1-4,7H,(H,12,13). The minimum absolute atomic E-state index is 0.436. The second-order valence-electron chi connectivity index (χ2n) is 2.72. The molecule has 1 N–H and O–H groups in total. The summed E-state index contributed by atoms with van der Waals surface area (Å²) in [6, 6.07) is 7.37. The Morgan fingerprint density at radius 1 is 1.53 bits per heavy atom. The zero-order valence-corrected chi connectivity index (χ0v) is 9.02. The van der Waals surface area contributed by atoms with E-state index in [4.69, 9.17) is 5.11 Å². The molecule has 78 valence electrons. The van der Waals surface area contributed by atoms with Crippen molar-refractivity contribution in [1.29, 1.82) is 0 Å².